The molecule has 1 aliphatic heterocycles. The van der Waals surface area contributed by atoms with Crippen LogP contribution in [0, 0.1) is 0 Å². The van der Waals surface area contributed by atoms with E-state index >= 15 is 0 Å². The van der Waals surface area contributed by atoms with Gasteiger partial charge in [-0.15, -0.1) is 0 Å². The van der Waals surface area contributed by atoms with E-state index in [4.69, 9.17) is 5.73 Å². The number of nitrogens with two attached hydrogens (primary N) is 1. The maximum atomic E-state index is 10.5. The normalized spacial score (nSPS) is 19.9. The van der Waals surface area contributed by atoms with E-state index in [2.05, 4.69) is 0 Å². The number of likely N-dealkylation sites (N-methyl/N-ethyl adjacent to an activating group) is 1. The molecule has 50 valence electrons. The molecule has 0 aromatic rings. The van der Waals surface area contributed by atoms with Crippen molar-refractivity contribution in [2.24, 2.45) is 5.73 Å². The Morgan fingerprint density at radius 1 is 2.00 bits per heavy atom. The second kappa shape index (κ2) is 2.41. The van der Waals surface area contributed by atoms with Crippen LogP contribution < -0.4 is 5.73 Å². The molecule has 1 amide bonds. The van der Waals surface area contributed by atoms with Crippen molar-refractivity contribution in [3.8, 4) is 0 Å². The van der Waals surface area contributed by atoms with Crippen LogP contribution in [0.1, 0.15) is 0 Å². The highest BCUT2D eigenvalue weighted by Gasteiger charge is 2.14. The van der Waals surface area contributed by atoms with Crippen molar-refractivity contribution in [2.75, 3.05) is 13.6 Å². The summed E-state index contributed by atoms with van der Waals surface area (Å²) in [5.74, 6) is -0.329. The number of hydrogen-bond donors (Lipinski definition) is 1. The topological polar surface area (TPSA) is 46.3 Å². The minimum atomic E-state index is -0.329. The zero-order valence-corrected chi connectivity index (χ0v) is 5.94. The molecule has 0 fully saturated rings. The van der Waals surface area contributed by atoms with Crippen LogP contribution in [0.2, 0.25) is 0 Å². The smallest absolute Gasteiger partial charge is 0.256 e. The Balaban J connectivity index is 2.55. The number of nitrogens with zero attached hydrogens (tertiary/aromatic N) is 1. The first-order valence-electron chi connectivity index (χ1n) is 2.59. The zero-order chi connectivity index (χ0) is 6.85. The molecule has 0 atom stereocenters. The Kier molecular flexibility index (Phi) is 1.78. The van der Waals surface area contributed by atoms with Gasteiger partial charge in [0.1, 0.15) is 0 Å². The summed E-state index contributed by atoms with van der Waals surface area (Å²) in [7, 11) is 1.91. The van der Waals surface area contributed by atoms with Gasteiger partial charge in [-0.2, -0.15) is 0 Å². The van der Waals surface area contributed by atoms with Crippen molar-refractivity contribution >= 4 is 17.9 Å². The van der Waals surface area contributed by atoms with Gasteiger partial charge in [0.2, 0.25) is 0 Å². The van der Waals surface area contributed by atoms with Crippen LogP contribution in [-0.4, -0.2) is 23.8 Å². The van der Waals surface area contributed by atoms with Crippen LogP contribution >= 0.6 is 11.9 Å². The molecule has 0 saturated carbocycles. The van der Waals surface area contributed by atoms with Gasteiger partial charge < -0.3 is 5.73 Å². The summed E-state index contributed by atoms with van der Waals surface area (Å²) in [5, 5.41) is 0. The first-order chi connectivity index (χ1) is 4.20. The molecule has 4 heteroatoms. The zero-order valence-electron chi connectivity index (χ0n) is 5.13. The summed E-state index contributed by atoms with van der Waals surface area (Å²) in [5.41, 5.74) is 5.01. The van der Waals surface area contributed by atoms with Crippen molar-refractivity contribution in [1.29, 1.82) is 0 Å². The van der Waals surface area contributed by atoms with E-state index in [0.29, 0.717) is 4.91 Å². The minimum Gasteiger partial charge on any atom is -0.365 e. The highest BCUT2D eigenvalue weighted by molar-refractivity contribution is 8.02. The van der Waals surface area contributed by atoms with Crippen molar-refractivity contribution < 1.29 is 4.79 Å². The highest BCUT2D eigenvalue weighted by Crippen LogP contribution is 2.24. The average molecular weight is 144 g/mol. The largest absolute Gasteiger partial charge is 0.365 e. The molecule has 0 radical (unpaired) electrons. The Morgan fingerprint density at radius 2 is 2.67 bits per heavy atom. The lowest BCUT2D eigenvalue weighted by molar-refractivity contribution is -0.113. The molecule has 0 aliphatic carbocycles. The lowest BCUT2D eigenvalue weighted by Gasteiger charge is -2.02. The fourth-order valence-electron chi connectivity index (χ4n) is 0.599. The van der Waals surface area contributed by atoms with Gasteiger partial charge in [-0.25, -0.2) is 4.31 Å². The molecule has 2 N–H and O–H groups in total. The van der Waals surface area contributed by atoms with Gasteiger partial charge in [0, 0.05) is 6.54 Å². The molecular weight excluding hydrogens is 136 g/mol. The molecule has 1 rings (SSSR count). The lowest BCUT2D eigenvalue weighted by Crippen LogP contribution is -2.11. The van der Waals surface area contributed by atoms with Crippen molar-refractivity contribution in [3.05, 3.63) is 11.0 Å². The van der Waals surface area contributed by atoms with Gasteiger partial charge in [0.15, 0.2) is 0 Å². The van der Waals surface area contributed by atoms with E-state index < -0.39 is 0 Å². The first-order valence-corrected chi connectivity index (χ1v) is 3.36. The fourth-order valence-corrected chi connectivity index (χ4v) is 1.32. The van der Waals surface area contributed by atoms with Crippen LogP contribution in [0.15, 0.2) is 11.0 Å². The molecule has 0 spiro atoms. The molecule has 3 nitrogen and oxygen atoms in total. The van der Waals surface area contributed by atoms with E-state index in [1.807, 2.05) is 17.4 Å². The summed E-state index contributed by atoms with van der Waals surface area (Å²) in [6, 6.07) is 0. The van der Waals surface area contributed by atoms with Gasteiger partial charge in [0.05, 0.1) is 4.91 Å². The number of primary amides is 1. The first kappa shape index (κ1) is 6.64. The molecule has 0 saturated heterocycles. The van der Waals surface area contributed by atoms with Crippen molar-refractivity contribution in [1.82, 2.24) is 4.31 Å². The Labute approximate surface area is 58.0 Å². The standard InChI is InChI=1S/C5H8N2OS/c1-7-3-2-4(9-7)5(6)8/h2H,3H2,1H3,(H2,6,8). The van der Waals surface area contributed by atoms with Gasteiger partial charge >= 0.3 is 0 Å². The monoisotopic (exact) mass is 144 g/mol. The van der Waals surface area contributed by atoms with Crippen molar-refractivity contribution in [2.45, 2.75) is 0 Å². The van der Waals surface area contributed by atoms with Crippen LogP contribution in [0.25, 0.3) is 0 Å². The predicted molar refractivity (Wildman–Crippen MR) is 37.5 cm³/mol. The van der Waals surface area contributed by atoms with Gasteiger partial charge in [-0.1, -0.05) is 0 Å². The van der Waals surface area contributed by atoms with E-state index in [0.717, 1.165) is 6.54 Å². The molecule has 0 unspecified atom stereocenters. The quantitative estimate of drug-likeness (QED) is 0.525. The summed E-state index contributed by atoms with van der Waals surface area (Å²) < 4.78 is 1.94. The van der Waals surface area contributed by atoms with E-state index in [-0.39, 0.29) is 5.91 Å². The molecule has 0 aromatic heterocycles. The summed E-state index contributed by atoms with van der Waals surface area (Å²) >= 11 is 1.39. The second-order valence-electron chi connectivity index (χ2n) is 1.83. The molecule has 0 bridgehead atoms. The number of rotatable bonds is 1. The summed E-state index contributed by atoms with van der Waals surface area (Å²) in [4.78, 5) is 11.1. The third kappa shape index (κ3) is 1.46. The molecule has 1 aliphatic rings. The number of hydrogen-bond acceptors (Lipinski definition) is 3. The Bertz CT molecular complexity index is 166. The summed E-state index contributed by atoms with van der Waals surface area (Å²) in [6.45, 7) is 0.808. The molecule has 1 heterocycles. The SMILES string of the molecule is CN1CC=C(C(N)=O)S1. The third-order valence-corrected chi connectivity index (χ3v) is 2.06. The van der Waals surface area contributed by atoms with E-state index in [1.54, 1.807) is 0 Å². The van der Waals surface area contributed by atoms with Gasteiger partial charge in [-0.3, -0.25) is 4.79 Å². The van der Waals surface area contributed by atoms with Crippen molar-refractivity contribution in [3.63, 3.8) is 0 Å². The lowest BCUT2D eigenvalue weighted by atomic mass is 10.5. The van der Waals surface area contributed by atoms with Crippen LogP contribution in [0.4, 0.5) is 0 Å². The summed E-state index contributed by atoms with van der Waals surface area (Å²) in [6.07, 6.45) is 1.83. The maximum absolute atomic E-state index is 10.5. The van der Waals surface area contributed by atoms with Gasteiger partial charge in [-0.05, 0) is 25.1 Å². The van der Waals surface area contributed by atoms with Crippen LogP contribution in [0.3, 0.4) is 0 Å². The average Bonchev–Trinajstić information content (AvgIpc) is 2.14. The molecule has 9 heavy (non-hydrogen) atoms. The van der Waals surface area contributed by atoms with Crippen LogP contribution in [-0.2, 0) is 4.79 Å². The van der Waals surface area contributed by atoms with E-state index in [9.17, 15) is 4.79 Å². The minimum absolute atomic E-state index is 0.329. The van der Waals surface area contributed by atoms with Crippen LogP contribution in [0.5, 0.6) is 0 Å². The molecule has 0 aromatic carbocycles. The van der Waals surface area contributed by atoms with E-state index in [1.165, 1.54) is 11.9 Å². The second-order valence-corrected chi connectivity index (χ2v) is 3.08. The number of carbonyl (C=O) groups is 1. The Morgan fingerprint density at radius 3 is 2.89 bits per heavy atom. The predicted octanol–water partition coefficient (Wildman–Crippen LogP) is -0.0508. The third-order valence-electron chi connectivity index (χ3n) is 1.03. The fraction of sp³-hybridized carbons (Fsp3) is 0.400. The highest BCUT2D eigenvalue weighted by atomic mass is 32.2. The Hall–Kier alpha value is -0.480. The van der Waals surface area contributed by atoms with Gasteiger partial charge in [0.25, 0.3) is 5.91 Å². The molecular formula is C5H8N2OS. The number of carbonyl (C=O) groups excluding carboxylic acids is 1. The number of amides is 1. The maximum Gasteiger partial charge on any atom is 0.256 e.